The molecule has 1 amide bonds. The van der Waals surface area contributed by atoms with E-state index in [2.05, 4.69) is 12.2 Å². The monoisotopic (exact) mass is 268 g/mol. The first-order valence-electron chi connectivity index (χ1n) is 8.24. The van der Waals surface area contributed by atoms with Crippen LogP contribution in [0.25, 0.3) is 0 Å². The van der Waals surface area contributed by atoms with E-state index in [1.165, 1.54) is 51.4 Å². The molecule has 1 fully saturated rings. The molecule has 0 heterocycles. The van der Waals surface area contributed by atoms with Crippen LogP contribution in [0.2, 0.25) is 0 Å². The van der Waals surface area contributed by atoms with Crippen LogP contribution in [0.4, 0.5) is 0 Å². The van der Waals surface area contributed by atoms with Crippen LogP contribution < -0.4 is 11.1 Å². The quantitative estimate of drug-likeness (QED) is 0.598. The Morgan fingerprint density at radius 1 is 1.11 bits per heavy atom. The SMILES string of the molecule is CCCCCCCCC(=O)NCC1CCCC1CN. The lowest BCUT2D eigenvalue weighted by atomic mass is 9.96. The Balaban J connectivity index is 1.98. The molecule has 0 aliphatic heterocycles. The van der Waals surface area contributed by atoms with E-state index < -0.39 is 0 Å². The van der Waals surface area contributed by atoms with E-state index in [1.807, 2.05) is 0 Å². The smallest absolute Gasteiger partial charge is 0.220 e. The van der Waals surface area contributed by atoms with Crippen molar-refractivity contribution in [1.82, 2.24) is 5.32 Å². The van der Waals surface area contributed by atoms with E-state index in [-0.39, 0.29) is 5.91 Å². The maximum atomic E-state index is 11.7. The van der Waals surface area contributed by atoms with E-state index in [0.29, 0.717) is 18.3 Å². The first-order valence-corrected chi connectivity index (χ1v) is 8.24. The molecule has 1 saturated carbocycles. The summed E-state index contributed by atoms with van der Waals surface area (Å²) in [4.78, 5) is 11.7. The molecule has 0 bridgehead atoms. The highest BCUT2D eigenvalue weighted by Gasteiger charge is 2.25. The molecule has 3 heteroatoms. The zero-order valence-corrected chi connectivity index (χ0v) is 12.6. The first-order chi connectivity index (χ1) is 9.27. The molecule has 3 nitrogen and oxygen atoms in total. The average molecular weight is 268 g/mol. The molecule has 0 aromatic heterocycles. The van der Waals surface area contributed by atoms with Gasteiger partial charge in [0.15, 0.2) is 0 Å². The number of carbonyl (C=O) groups excluding carboxylic acids is 1. The van der Waals surface area contributed by atoms with Gasteiger partial charge in [0.1, 0.15) is 0 Å². The van der Waals surface area contributed by atoms with Gasteiger partial charge in [-0.1, -0.05) is 45.4 Å². The van der Waals surface area contributed by atoms with E-state index >= 15 is 0 Å². The Labute approximate surface area is 118 Å². The zero-order chi connectivity index (χ0) is 13.9. The molecular formula is C16H32N2O. The van der Waals surface area contributed by atoms with Crippen molar-refractivity contribution in [3.8, 4) is 0 Å². The van der Waals surface area contributed by atoms with E-state index in [4.69, 9.17) is 5.73 Å². The first kappa shape index (κ1) is 16.5. The van der Waals surface area contributed by atoms with Gasteiger partial charge < -0.3 is 11.1 Å². The summed E-state index contributed by atoms with van der Waals surface area (Å²) < 4.78 is 0. The average Bonchev–Trinajstić information content (AvgIpc) is 2.88. The molecule has 0 aromatic carbocycles. The van der Waals surface area contributed by atoms with Gasteiger partial charge in [-0.2, -0.15) is 0 Å². The number of nitrogens with two attached hydrogens (primary N) is 1. The maximum absolute atomic E-state index is 11.7. The fourth-order valence-corrected chi connectivity index (χ4v) is 3.09. The van der Waals surface area contributed by atoms with Gasteiger partial charge in [-0.05, 0) is 37.6 Å². The normalized spacial score (nSPS) is 22.6. The number of hydrogen-bond donors (Lipinski definition) is 2. The Bertz CT molecular complexity index is 243. The lowest BCUT2D eigenvalue weighted by Gasteiger charge is -2.18. The third kappa shape index (κ3) is 6.95. The fraction of sp³-hybridized carbons (Fsp3) is 0.938. The molecule has 112 valence electrons. The number of rotatable bonds is 10. The van der Waals surface area contributed by atoms with Crippen LogP contribution in [0.15, 0.2) is 0 Å². The van der Waals surface area contributed by atoms with Gasteiger partial charge in [0.05, 0.1) is 0 Å². The van der Waals surface area contributed by atoms with E-state index in [9.17, 15) is 4.79 Å². The van der Waals surface area contributed by atoms with Crippen molar-refractivity contribution < 1.29 is 4.79 Å². The van der Waals surface area contributed by atoms with Crippen LogP contribution in [-0.4, -0.2) is 19.0 Å². The van der Waals surface area contributed by atoms with Gasteiger partial charge in [0.2, 0.25) is 5.91 Å². The number of nitrogens with one attached hydrogen (secondary N) is 1. The Morgan fingerprint density at radius 2 is 1.79 bits per heavy atom. The summed E-state index contributed by atoms with van der Waals surface area (Å²) in [5, 5.41) is 3.10. The predicted octanol–water partition coefficient (Wildman–Crippen LogP) is 3.23. The summed E-state index contributed by atoms with van der Waals surface area (Å²) in [6, 6.07) is 0. The van der Waals surface area contributed by atoms with E-state index in [0.717, 1.165) is 19.5 Å². The lowest BCUT2D eigenvalue weighted by Crippen LogP contribution is -2.32. The molecule has 0 spiro atoms. The molecule has 1 aliphatic rings. The topological polar surface area (TPSA) is 55.1 Å². The second kappa shape index (κ2) is 10.2. The third-order valence-electron chi connectivity index (χ3n) is 4.44. The van der Waals surface area contributed by atoms with Crippen LogP contribution in [0.3, 0.4) is 0 Å². The summed E-state index contributed by atoms with van der Waals surface area (Å²) in [5.41, 5.74) is 5.76. The molecule has 2 unspecified atom stereocenters. The highest BCUT2D eigenvalue weighted by molar-refractivity contribution is 5.75. The van der Waals surface area contributed by atoms with Crippen molar-refractivity contribution in [2.45, 2.75) is 71.1 Å². The Kier molecular flexibility index (Phi) is 8.89. The summed E-state index contributed by atoms with van der Waals surface area (Å²) in [7, 11) is 0. The van der Waals surface area contributed by atoms with Crippen LogP contribution in [0, 0.1) is 11.8 Å². The Morgan fingerprint density at radius 3 is 2.53 bits per heavy atom. The summed E-state index contributed by atoms with van der Waals surface area (Å²) in [6.45, 7) is 3.85. The van der Waals surface area contributed by atoms with Gasteiger partial charge in [-0.3, -0.25) is 4.79 Å². The summed E-state index contributed by atoms with van der Waals surface area (Å²) in [6.07, 6.45) is 11.9. The summed E-state index contributed by atoms with van der Waals surface area (Å²) in [5.74, 6) is 1.49. The van der Waals surface area contributed by atoms with Crippen molar-refractivity contribution in [1.29, 1.82) is 0 Å². The molecule has 1 rings (SSSR count). The van der Waals surface area contributed by atoms with Crippen molar-refractivity contribution in [2.24, 2.45) is 17.6 Å². The van der Waals surface area contributed by atoms with E-state index in [1.54, 1.807) is 0 Å². The van der Waals surface area contributed by atoms with Crippen LogP contribution in [-0.2, 0) is 4.79 Å². The third-order valence-corrected chi connectivity index (χ3v) is 4.44. The second-order valence-electron chi connectivity index (χ2n) is 6.01. The fourth-order valence-electron chi connectivity index (χ4n) is 3.09. The van der Waals surface area contributed by atoms with Crippen LogP contribution >= 0.6 is 0 Å². The maximum Gasteiger partial charge on any atom is 0.220 e. The van der Waals surface area contributed by atoms with Crippen molar-refractivity contribution in [3.05, 3.63) is 0 Å². The molecule has 0 radical (unpaired) electrons. The standard InChI is InChI=1S/C16H32N2O/c1-2-3-4-5-6-7-11-16(19)18-13-15-10-8-9-14(15)12-17/h14-15H,2-13,17H2,1H3,(H,18,19). The molecule has 0 aromatic rings. The minimum Gasteiger partial charge on any atom is -0.356 e. The van der Waals surface area contributed by atoms with Crippen molar-refractivity contribution in [2.75, 3.05) is 13.1 Å². The summed E-state index contributed by atoms with van der Waals surface area (Å²) >= 11 is 0. The van der Waals surface area contributed by atoms with Gasteiger partial charge in [-0.15, -0.1) is 0 Å². The van der Waals surface area contributed by atoms with Crippen molar-refractivity contribution in [3.63, 3.8) is 0 Å². The second-order valence-corrected chi connectivity index (χ2v) is 6.01. The predicted molar refractivity (Wildman–Crippen MR) is 80.9 cm³/mol. The lowest BCUT2D eigenvalue weighted by molar-refractivity contribution is -0.121. The number of hydrogen-bond acceptors (Lipinski definition) is 2. The van der Waals surface area contributed by atoms with Crippen LogP contribution in [0.5, 0.6) is 0 Å². The zero-order valence-electron chi connectivity index (χ0n) is 12.6. The van der Waals surface area contributed by atoms with Gasteiger partial charge >= 0.3 is 0 Å². The van der Waals surface area contributed by atoms with Gasteiger partial charge in [0, 0.05) is 13.0 Å². The molecular weight excluding hydrogens is 236 g/mol. The molecule has 3 N–H and O–H groups in total. The molecule has 1 aliphatic carbocycles. The Hall–Kier alpha value is -0.570. The number of amides is 1. The van der Waals surface area contributed by atoms with Crippen molar-refractivity contribution >= 4 is 5.91 Å². The largest absolute Gasteiger partial charge is 0.356 e. The van der Waals surface area contributed by atoms with Gasteiger partial charge in [0.25, 0.3) is 0 Å². The van der Waals surface area contributed by atoms with Gasteiger partial charge in [-0.25, -0.2) is 0 Å². The molecule has 2 atom stereocenters. The highest BCUT2D eigenvalue weighted by Crippen LogP contribution is 2.30. The number of unbranched alkanes of at least 4 members (excludes halogenated alkanes) is 5. The molecule has 19 heavy (non-hydrogen) atoms. The minimum atomic E-state index is 0.234. The highest BCUT2D eigenvalue weighted by atomic mass is 16.1. The van der Waals surface area contributed by atoms with Crippen LogP contribution in [0.1, 0.15) is 71.1 Å². The number of carbonyl (C=O) groups is 1. The minimum absolute atomic E-state index is 0.234. The molecule has 0 saturated heterocycles.